The first-order valence-corrected chi connectivity index (χ1v) is 8.94. The number of nitrogens with one attached hydrogen (secondary N) is 1. The summed E-state index contributed by atoms with van der Waals surface area (Å²) in [6, 6.07) is 13.8. The Kier molecular flexibility index (Phi) is 5.89. The maximum atomic E-state index is 13.8. The molecule has 0 aromatic heterocycles. The average Bonchev–Trinajstić information content (AvgIpc) is 2.99. The van der Waals surface area contributed by atoms with Crippen molar-refractivity contribution in [2.75, 3.05) is 13.1 Å². The molecule has 136 valence electrons. The second-order valence-electron chi connectivity index (χ2n) is 6.43. The number of carbonyl (C=O) groups is 2. The molecular weight excluding hydrogens is 355 g/mol. The van der Waals surface area contributed by atoms with E-state index in [1.807, 2.05) is 24.3 Å². The summed E-state index contributed by atoms with van der Waals surface area (Å²) in [6.07, 6.45) is 0.865. The molecule has 2 aromatic carbocycles. The van der Waals surface area contributed by atoms with Crippen LogP contribution in [0.5, 0.6) is 0 Å². The molecule has 1 heterocycles. The second-order valence-corrected chi connectivity index (χ2v) is 6.87. The average molecular weight is 375 g/mol. The molecule has 1 aliphatic heterocycles. The van der Waals surface area contributed by atoms with Gasteiger partial charge in [-0.05, 0) is 30.2 Å². The number of likely N-dealkylation sites (tertiary alicyclic amines) is 1. The third kappa shape index (κ3) is 4.61. The van der Waals surface area contributed by atoms with Crippen molar-refractivity contribution >= 4 is 23.4 Å². The quantitative estimate of drug-likeness (QED) is 0.844. The molecule has 1 unspecified atom stereocenters. The third-order valence-corrected chi connectivity index (χ3v) is 4.78. The fraction of sp³-hybridized carbons (Fsp3) is 0.300. The van der Waals surface area contributed by atoms with Gasteiger partial charge in [0.25, 0.3) is 0 Å². The Balaban J connectivity index is 1.49. The first-order valence-electron chi connectivity index (χ1n) is 8.56. The lowest BCUT2D eigenvalue weighted by Gasteiger charge is -2.17. The van der Waals surface area contributed by atoms with Gasteiger partial charge >= 0.3 is 0 Å². The van der Waals surface area contributed by atoms with Crippen LogP contribution in [0, 0.1) is 11.7 Å². The van der Waals surface area contributed by atoms with Crippen molar-refractivity contribution in [3.05, 3.63) is 70.5 Å². The number of hydrogen-bond acceptors (Lipinski definition) is 2. The molecule has 3 rings (SSSR count). The minimum Gasteiger partial charge on any atom is -0.355 e. The van der Waals surface area contributed by atoms with Gasteiger partial charge in [0, 0.05) is 36.6 Å². The molecule has 1 fully saturated rings. The van der Waals surface area contributed by atoms with Crippen LogP contribution in [0.25, 0.3) is 0 Å². The van der Waals surface area contributed by atoms with E-state index < -0.39 is 0 Å². The maximum absolute atomic E-state index is 13.8. The molecule has 2 aromatic rings. The van der Waals surface area contributed by atoms with Crippen molar-refractivity contribution in [1.82, 2.24) is 10.2 Å². The van der Waals surface area contributed by atoms with Gasteiger partial charge in [-0.1, -0.05) is 41.9 Å². The Labute approximate surface area is 157 Å². The lowest BCUT2D eigenvalue weighted by atomic mass is 10.1. The highest BCUT2D eigenvalue weighted by Crippen LogP contribution is 2.21. The van der Waals surface area contributed by atoms with E-state index in [-0.39, 0.29) is 36.5 Å². The highest BCUT2D eigenvalue weighted by Gasteiger charge is 2.34. The number of benzene rings is 2. The monoisotopic (exact) mass is 374 g/mol. The van der Waals surface area contributed by atoms with E-state index in [1.165, 1.54) is 6.07 Å². The van der Waals surface area contributed by atoms with Gasteiger partial charge < -0.3 is 10.2 Å². The number of hydrogen-bond donors (Lipinski definition) is 1. The van der Waals surface area contributed by atoms with E-state index in [1.54, 1.807) is 23.1 Å². The minimum atomic E-state index is -0.389. The fourth-order valence-corrected chi connectivity index (χ4v) is 3.18. The molecule has 1 N–H and O–H groups in total. The zero-order valence-electron chi connectivity index (χ0n) is 14.3. The van der Waals surface area contributed by atoms with Crippen LogP contribution in [0.1, 0.15) is 17.5 Å². The molecule has 0 aliphatic carbocycles. The third-order valence-electron chi connectivity index (χ3n) is 4.53. The number of halogens is 2. The highest BCUT2D eigenvalue weighted by atomic mass is 35.5. The van der Waals surface area contributed by atoms with Crippen LogP contribution >= 0.6 is 11.6 Å². The summed E-state index contributed by atoms with van der Waals surface area (Å²) in [6.45, 7) is 1.01. The summed E-state index contributed by atoms with van der Waals surface area (Å²) in [5.74, 6) is -0.981. The predicted molar refractivity (Wildman–Crippen MR) is 98.1 cm³/mol. The van der Waals surface area contributed by atoms with Gasteiger partial charge in [0.1, 0.15) is 5.82 Å². The Bertz CT molecular complexity index is 795. The summed E-state index contributed by atoms with van der Waals surface area (Å²) in [7, 11) is 0. The second kappa shape index (κ2) is 8.32. The predicted octanol–water partition coefficient (Wildman–Crippen LogP) is 3.19. The molecule has 0 radical (unpaired) electrons. The van der Waals surface area contributed by atoms with Gasteiger partial charge in [0.05, 0.1) is 5.92 Å². The van der Waals surface area contributed by atoms with Crippen LogP contribution in [0.4, 0.5) is 4.39 Å². The topological polar surface area (TPSA) is 49.4 Å². The van der Waals surface area contributed by atoms with E-state index >= 15 is 0 Å². The van der Waals surface area contributed by atoms with Crippen LogP contribution in [-0.4, -0.2) is 29.8 Å². The highest BCUT2D eigenvalue weighted by molar-refractivity contribution is 6.30. The van der Waals surface area contributed by atoms with Crippen LogP contribution < -0.4 is 5.32 Å². The van der Waals surface area contributed by atoms with Gasteiger partial charge in [-0.25, -0.2) is 4.39 Å². The summed E-state index contributed by atoms with van der Waals surface area (Å²) in [5, 5.41) is 3.56. The zero-order valence-corrected chi connectivity index (χ0v) is 15.0. The van der Waals surface area contributed by atoms with Crippen molar-refractivity contribution in [3.8, 4) is 0 Å². The zero-order chi connectivity index (χ0) is 18.5. The Hall–Kier alpha value is -2.40. The molecule has 26 heavy (non-hydrogen) atoms. The van der Waals surface area contributed by atoms with Crippen molar-refractivity contribution < 1.29 is 14.0 Å². The Morgan fingerprint density at radius 3 is 2.65 bits per heavy atom. The molecule has 6 heteroatoms. The molecule has 0 saturated carbocycles. The van der Waals surface area contributed by atoms with E-state index in [4.69, 9.17) is 11.6 Å². The van der Waals surface area contributed by atoms with Crippen molar-refractivity contribution in [2.45, 2.75) is 19.4 Å². The van der Waals surface area contributed by atoms with Crippen molar-refractivity contribution in [2.24, 2.45) is 5.92 Å². The van der Waals surface area contributed by atoms with Gasteiger partial charge in [-0.15, -0.1) is 0 Å². The molecule has 4 nitrogen and oxygen atoms in total. The number of rotatable bonds is 6. The standard InChI is InChI=1S/C20H20ClFN2O2/c21-17-7-5-14(6-8-17)9-10-23-20(26)16-11-19(25)24(13-16)12-15-3-1-2-4-18(15)22/h1-8,16H,9-13H2,(H,23,26). The van der Waals surface area contributed by atoms with Crippen LogP contribution in [0.2, 0.25) is 5.02 Å². The van der Waals surface area contributed by atoms with E-state index in [0.29, 0.717) is 30.1 Å². The Morgan fingerprint density at radius 2 is 1.92 bits per heavy atom. The molecule has 1 saturated heterocycles. The number of nitrogens with zero attached hydrogens (tertiary/aromatic N) is 1. The largest absolute Gasteiger partial charge is 0.355 e. The van der Waals surface area contributed by atoms with Crippen LogP contribution in [-0.2, 0) is 22.6 Å². The van der Waals surface area contributed by atoms with Gasteiger partial charge in [-0.3, -0.25) is 9.59 Å². The summed E-state index contributed by atoms with van der Waals surface area (Å²) in [5.41, 5.74) is 1.54. The lowest BCUT2D eigenvalue weighted by molar-refractivity contribution is -0.129. The molecule has 1 atom stereocenters. The summed E-state index contributed by atoms with van der Waals surface area (Å²) in [4.78, 5) is 26.0. The van der Waals surface area contributed by atoms with Gasteiger partial charge in [0.15, 0.2) is 0 Å². The molecule has 1 aliphatic rings. The van der Waals surface area contributed by atoms with Gasteiger partial charge in [0.2, 0.25) is 11.8 Å². The smallest absolute Gasteiger partial charge is 0.225 e. The minimum absolute atomic E-state index is 0.119. The van der Waals surface area contributed by atoms with Crippen LogP contribution in [0.3, 0.4) is 0 Å². The SMILES string of the molecule is O=C(NCCc1ccc(Cl)cc1)C1CC(=O)N(Cc2ccccc2F)C1. The van der Waals surface area contributed by atoms with Gasteiger partial charge in [-0.2, -0.15) is 0 Å². The number of carbonyl (C=O) groups excluding carboxylic acids is 2. The van der Waals surface area contributed by atoms with E-state index in [9.17, 15) is 14.0 Å². The maximum Gasteiger partial charge on any atom is 0.225 e. The normalized spacial score (nSPS) is 16.8. The summed E-state index contributed by atoms with van der Waals surface area (Å²) >= 11 is 5.85. The summed E-state index contributed by atoms with van der Waals surface area (Å²) < 4.78 is 13.8. The van der Waals surface area contributed by atoms with Crippen molar-refractivity contribution in [1.29, 1.82) is 0 Å². The first-order chi connectivity index (χ1) is 12.5. The fourth-order valence-electron chi connectivity index (χ4n) is 3.06. The number of amides is 2. The first kappa shape index (κ1) is 18.4. The van der Waals surface area contributed by atoms with Crippen LogP contribution in [0.15, 0.2) is 48.5 Å². The molecule has 0 spiro atoms. The van der Waals surface area contributed by atoms with E-state index in [0.717, 1.165) is 5.56 Å². The molecule has 0 bridgehead atoms. The van der Waals surface area contributed by atoms with E-state index in [2.05, 4.69) is 5.32 Å². The molecular formula is C20H20ClFN2O2. The van der Waals surface area contributed by atoms with Crippen molar-refractivity contribution in [3.63, 3.8) is 0 Å². The molecule has 2 amide bonds. The Morgan fingerprint density at radius 1 is 1.19 bits per heavy atom. The lowest BCUT2D eigenvalue weighted by Crippen LogP contribution is -2.34.